The van der Waals surface area contributed by atoms with Crippen LogP contribution in [0.2, 0.25) is 0 Å². The molecule has 0 bridgehead atoms. The lowest BCUT2D eigenvalue weighted by molar-refractivity contribution is -0.974. The molecule has 0 radical (unpaired) electrons. The van der Waals surface area contributed by atoms with E-state index in [4.69, 9.17) is 10.2 Å². The lowest BCUT2D eigenvalue weighted by Gasteiger charge is -2.16. The van der Waals surface area contributed by atoms with E-state index in [2.05, 4.69) is 5.43 Å². The smallest absolute Gasteiger partial charge is 0.235 e. The first-order valence-corrected chi connectivity index (χ1v) is 2.91. The molecule has 1 aliphatic heterocycles. The van der Waals surface area contributed by atoms with Crippen LogP contribution in [0.15, 0.2) is 12.3 Å². The van der Waals surface area contributed by atoms with Crippen LogP contribution in [0.1, 0.15) is 0 Å². The molecule has 0 saturated heterocycles. The van der Waals surface area contributed by atoms with Crippen LogP contribution in [-0.2, 0) is 0 Å². The van der Waals surface area contributed by atoms with Gasteiger partial charge in [-0.15, -0.1) is 0 Å². The maximum Gasteiger partial charge on any atom is 0.235 e. The third-order valence-corrected chi connectivity index (χ3v) is 1.30. The molecule has 2 unspecified atom stereocenters. The van der Waals surface area contributed by atoms with Gasteiger partial charge in [-0.05, 0) is 6.08 Å². The molecule has 1 heterocycles. The summed E-state index contributed by atoms with van der Waals surface area (Å²) in [5.74, 6) is 0. The van der Waals surface area contributed by atoms with Gasteiger partial charge in [-0.1, -0.05) is 0 Å². The van der Waals surface area contributed by atoms with Crippen molar-refractivity contribution < 1.29 is 27.6 Å². The van der Waals surface area contributed by atoms with Crippen molar-refractivity contribution in [3.63, 3.8) is 0 Å². The van der Waals surface area contributed by atoms with E-state index in [1.807, 2.05) is 6.08 Å². The predicted molar refractivity (Wildman–Crippen MR) is 31.2 cm³/mol. The van der Waals surface area contributed by atoms with E-state index >= 15 is 0 Å². The molecule has 0 aromatic carbocycles. The van der Waals surface area contributed by atoms with Gasteiger partial charge in [0.25, 0.3) is 0 Å². The maximum atomic E-state index is 8.97. The van der Waals surface area contributed by atoms with Gasteiger partial charge in [-0.2, -0.15) is 0 Å². The van der Waals surface area contributed by atoms with E-state index in [0.29, 0.717) is 0 Å². The summed E-state index contributed by atoms with van der Waals surface area (Å²) in [6.07, 6.45) is 2.95. The molecular weight excluding hydrogens is 156 g/mol. The molecule has 1 rings (SSSR count). The number of rotatable bonds is 2. The van der Waals surface area contributed by atoms with Gasteiger partial charge in [0, 0.05) is 0 Å². The Bertz CT molecular complexity index is 112. The second kappa shape index (κ2) is 4.51. The Hall–Kier alpha value is -0.290. The molecule has 4 nitrogen and oxygen atoms in total. The van der Waals surface area contributed by atoms with Crippen LogP contribution in [0, 0.1) is 0 Å². The molecule has 0 amide bonds. The van der Waals surface area contributed by atoms with Crippen molar-refractivity contribution in [1.29, 1.82) is 0 Å². The van der Waals surface area contributed by atoms with Gasteiger partial charge in [0.05, 0.1) is 6.20 Å². The predicted octanol–water partition coefficient (Wildman–Crippen LogP) is -5.78. The highest BCUT2D eigenvalue weighted by molar-refractivity contribution is 4.79. The van der Waals surface area contributed by atoms with E-state index in [9.17, 15) is 0 Å². The lowest BCUT2D eigenvalue weighted by atomic mass is 10.5. The van der Waals surface area contributed by atoms with Crippen molar-refractivity contribution >= 4 is 0 Å². The second-order valence-corrected chi connectivity index (χ2v) is 1.97. The number of halogens is 1. The highest BCUT2D eigenvalue weighted by Gasteiger charge is 2.18. The second-order valence-electron chi connectivity index (χ2n) is 1.97. The molecular formula is C5H11ClN2O2. The van der Waals surface area contributed by atoms with E-state index in [1.54, 1.807) is 6.20 Å². The molecule has 4 N–H and O–H groups in total. The Kier molecular flexibility index (Phi) is 4.38. The zero-order chi connectivity index (χ0) is 6.69. The van der Waals surface area contributed by atoms with E-state index in [-0.39, 0.29) is 19.0 Å². The Morgan fingerprint density at radius 3 is 2.80 bits per heavy atom. The van der Waals surface area contributed by atoms with Crippen LogP contribution in [0.5, 0.6) is 0 Å². The van der Waals surface area contributed by atoms with Crippen LogP contribution >= 0.6 is 0 Å². The molecule has 0 aromatic rings. The molecule has 0 spiro atoms. The number of aliphatic hydroxyl groups is 2. The standard InChI is InChI=1S/C5H10N2O2.ClH/c8-4-5(9)7-3-1-2-6-7;/h1-2,5-6,8-9H,3-4H2;1H. The summed E-state index contributed by atoms with van der Waals surface area (Å²) < 4.78 is 0. The zero-order valence-electron chi connectivity index (χ0n) is 5.42. The van der Waals surface area contributed by atoms with Crippen molar-refractivity contribution in [2.45, 2.75) is 6.23 Å². The van der Waals surface area contributed by atoms with Crippen LogP contribution in [0.3, 0.4) is 0 Å². The van der Waals surface area contributed by atoms with E-state index in [0.717, 1.165) is 11.6 Å². The Labute approximate surface area is 65.5 Å². The van der Waals surface area contributed by atoms with Crippen LogP contribution in [-0.4, -0.2) is 29.6 Å². The minimum atomic E-state index is -0.708. The van der Waals surface area contributed by atoms with Gasteiger partial charge >= 0.3 is 0 Å². The quantitative estimate of drug-likeness (QED) is 0.331. The third kappa shape index (κ3) is 2.15. The zero-order valence-corrected chi connectivity index (χ0v) is 6.17. The van der Waals surface area contributed by atoms with Crippen molar-refractivity contribution in [2.75, 3.05) is 13.2 Å². The first-order chi connectivity index (χ1) is 4.34. The van der Waals surface area contributed by atoms with E-state index < -0.39 is 6.23 Å². The molecule has 0 saturated carbocycles. The van der Waals surface area contributed by atoms with Gasteiger partial charge in [-0.25, -0.2) is 10.4 Å². The van der Waals surface area contributed by atoms with Gasteiger partial charge in [0.1, 0.15) is 13.2 Å². The first kappa shape index (κ1) is 9.71. The SMILES string of the molecule is OCC(O)[NH+]1CC=CN1.[Cl-]. The monoisotopic (exact) mass is 166 g/mol. The largest absolute Gasteiger partial charge is 1.00 e. The summed E-state index contributed by atoms with van der Waals surface area (Å²) in [6.45, 7) is 0.520. The van der Waals surface area contributed by atoms with Crippen LogP contribution < -0.4 is 22.8 Å². The summed E-state index contributed by atoms with van der Waals surface area (Å²) in [7, 11) is 0. The summed E-state index contributed by atoms with van der Waals surface area (Å²) in [6, 6.07) is 0. The average molecular weight is 167 g/mol. The summed E-state index contributed by atoms with van der Waals surface area (Å²) in [4.78, 5) is 0. The summed E-state index contributed by atoms with van der Waals surface area (Å²) in [5.41, 5.74) is 2.83. The molecule has 0 fully saturated rings. The van der Waals surface area contributed by atoms with Crippen molar-refractivity contribution in [1.82, 2.24) is 5.43 Å². The van der Waals surface area contributed by atoms with Gasteiger partial charge in [0.2, 0.25) is 6.23 Å². The van der Waals surface area contributed by atoms with Crippen molar-refractivity contribution in [2.24, 2.45) is 0 Å². The fourth-order valence-electron chi connectivity index (χ4n) is 0.753. The fourth-order valence-corrected chi connectivity index (χ4v) is 0.753. The maximum absolute atomic E-state index is 8.97. The van der Waals surface area contributed by atoms with Crippen molar-refractivity contribution in [3.8, 4) is 0 Å². The van der Waals surface area contributed by atoms with Gasteiger partial charge in [0.15, 0.2) is 0 Å². The van der Waals surface area contributed by atoms with Crippen molar-refractivity contribution in [3.05, 3.63) is 12.3 Å². The summed E-state index contributed by atoms with van der Waals surface area (Å²) >= 11 is 0. The molecule has 2 atom stereocenters. The first-order valence-electron chi connectivity index (χ1n) is 2.91. The van der Waals surface area contributed by atoms with E-state index in [1.165, 1.54) is 0 Å². The highest BCUT2D eigenvalue weighted by atomic mass is 35.5. The molecule has 5 heteroatoms. The molecule has 0 aromatic heterocycles. The summed E-state index contributed by atoms with van der Waals surface area (Å²) in [5, 5.41) is 18.2. The molecule has 1 aliphatic rings. The number of aliphatic hydroxyl groups excluding tert-OH is 2. The highest BCUT2D eigenvalue weighted by Crippen LogP contribution is 1.70. The minimum Gasteiger partial charge on any atom is -1.00 e. The average Bonchev–Trinajstić information content (AvgIpc) is 2.37. The normalized spacial score (nSPS) is 25.2. The molecule has 10 heavy (non-hydrogen) atoms. The lowest BCUT2D eigenvalue weighted by Crippen LogP contribution is -3.20. The van der Waals surface area contributed by atoms with Crippen LogP contribution in [0.25, 0.3) is 0 Å². The Balaban J connectivity index is 0.000000810. The van der Waals surface area contributed by atoms with Gasteiger partial charge < -0.3 is 22.6 Å². The number of nitrogens with one attached hydrogen (secondary N) is 2. The third-order valence-electron chi connectivity index (χ3n) is 1.30. The Morgan fingerprint density at radius 1 is 1.70 bits per heavy atom. The van der Waals surface area contributed by atoms with Gasteiger partial charge in [-0.3, -0.25) is 0 Å². The number of hydrogen-bond acceptors (Lipinski definition) is 3. The van der Waals surface area contributed by atoms with Crippen LogP contribution in [0.4, 0.5) is 0 Å². The Morgan fingerprint density at radius 2 is 2.40 bits per heavy atom. The topological polar surface area (TPSA) is 56.9 Å². The molecule has 60 valence electrons. The molecule has 0 aliphatic carbocycles. The fraction of sp³-hybridized carbons (Fsp3) is 0.600. The number of quaternary nitrogens is 1. The number of hydrogen-bond donors (Lipinski definition) is 4. The minimum absolute atomic E-state index is 0.